The third kappa shape index (κ3) is 1.44. The zero-order valence-corrected chi connectivity index (χ0v) is 9.02. The smallest absolute Gasteiger partial charge is 0.264 e. The number of hydrogen-bond acceptors (Lipinski definition) is 2. The number of nitrogens with one attached hydrogen (secondary N) is 1. The Kier molecular flexibility index (Phi) is 2.26. The lowest BCUT2D eigenvalue weighted by atomic mass is 10.0. The second-order valence-electron chi connectivity index (χ2n) is 3.29. The molecule has 0 saturated heterocycles. The number of fused-ring (bicyclic) bond motifs is 1. The molecule has 13 heavy (non-hydrogen) atoms. The van der Waals surface area contributed by atoms with Gasteiger partial charge >= 0.3 is 0 Å². The molecule has 4 heteroatoms. The number of hydrogen-bond donors (Lipinski definition) is 1. The molecule has 0 bridgehead atoms. The molecule has 70 valence electrons. The van der Waals surface area contributed by atoms with Crippen molar-refractivity contribution in [2.24, 2.45) is 7.05 Å². The Morgan fingerprint density at radius 1 is 1.62 bits per heavy atom. The van der Waals surface area contributed by atoms with Crippen LogP contribution in [-0.4, -0.2) is 11.1 Å². The predicted octanol–water partition coefficient (Wildman–Crippen LogP) is 0.794. The lowest BCUT2D eigenvalue weighted by molar-refractivity contribution is 0.628. The van der Waals surface area contributed by atoms with Crippen molar-refractivity contribution in [2.45, 2.75) is 13.0 Å². The van der Waals surface area contributed by atoms with E-state index in [0.717, 1.165) is 25.1 Å². The Morgan fingerprint density at radius 3 is 3.15 bits per heavy atom. The van der Waals surface area contributed by atoms with Crippen molar-refractivity contribution in [2.75, 3.05) is 6.54 Å². The van der Waals surface area contributed by atoms with Crippen LogP contribution in [0.1, 0.15) is 11.1 Å². The van der Waals surface area contributed by atoms with E-state index in [0.29, 0.717) is 4.47 Å². The van der Waals surface area contributed by atoms with E-state index < -0.39 is 0 Å². The molecule has 1 aromatic rings. The minimum atomic E-state index is 0.0439. The predicted molar refractivity (Wildman–Crippen MR) is 54.8 cm³/mol. The Balaban J connectivity index is 2.67. The molecule has 2 rings (SSSR count). The summed E-state index contributed by atoms with van der Waals surface area (Å²) in [7, 11) is 1.79. The van der Waals surface area contributed by atoms with Gasteiger partial charge in [0.1, 0.15) is 0 Å². The molecule has 0 atom stereocenters. The largest absolute Gasteiger partial charge is 0.317 e. The average Bonchev–Trinajstić information content (AvgIpc) is 2.15. The van der Waals surface area contributed by atoms with Gasteiger partial charge in [0, 0.05) is 19.8 Å². The third-order valence-corrected chi connectivity index (χ3v) is 3.20. The zero-order chi connectivity index (χ0) is 9.42. The Morgan fingerprint density at radius 2 is 2.38 bits per heavy atom. The van der Waals surface area contributed by atoms with Gasteiger partial charge in [-0.05, 0) is 40.0 Å². The molecule has 1 aliphatic rings. The molecule has 0 saturated carbocycles. The van der Waals surface area contributed by atoms with E-state index in [9.17, 15) is 4.79 Å². The maximum Gasteiger partial charge on any atom is 0.264 e. The van der Waals surface area contributed by atoms with Gasteiger partial charge in [-0.25, -0.2) is 0 Å². The lowest BCUT2D eigenvalue weighted by Gasteiger charge is -2.18. The van der Waals surface area contributed by atoms with Crippen molar-refractivity contribution in [1.82, 2.24) is 9.88 Å². The van der Waals surface area contributed by atoms with Crippen molar-refractivity contribution in [3.8, 4) is 0 Å². The van der Waals surface area contributed by atoms with Gasteiger partial charge in [-0.3, -0.25) is 4.79 Å². The van der Waals surface area contributed by atoms with E-state index in [1.54, 1.807) is 11.6 Å². The highest BCUT2D eigenvalue weighted by Gasteiger charge is 2.14. The monoisotopic (exact) mass is 242 g/mol. The first kappa shape index (κ1) is 8.97. The van der Waals surface area contributed by atoms with Crippen LogP contribution in [0.2, 0.25) is 0 Å². The van der Waals surface area contributed by atoms with Gasteiger partial charge in [-0.1, -0.05) is 0 Å². The number of nitrogens with zero attached hydrogens (tertiary/aromatic N) is 1. The summed E-state index contributed by atoms with van der Waals surface area (Å²) in [6, 6.07) is 0. The highest BCUT2D eigenvalue weighted by atomic mass is 79.9. The van der Waals surface area contributed by atoms with E-state index in [1.807, 2.05) is 6.20 Å². The van der Waals surface area contributed by atoms with Gasteiger partial charge in [-0.2, -0.15) is 0 Å². The topological polar surface area (TPSA) is 34.0 Å². The first-order chi connectivity index (χ1) is 6.20. The molecule has 0 aromatic carbocycles. The molecular formula is C9H11BrN2O. The van der Waals surface area contributed by atoms with E-state index in [-0.39, 0.29) is 5.56 Å². The second kappa shape index (κ2) is 3.27. The molecule has 2 heterocycles. The summed E-state index contributed by atoms with van der Waals surface area (Å²) >= 11 is 3.34. The standard InChI is InChI=1S/C9H11BrN2O/c1-12-5-6-2-3-11-4-7(6)8(10)9(12)13/h5,11H,2-4H2,1H3. The summed E-state index contributed by atoms with van der Waals surface area (Å²) in [5, 5.41) is 3.25. The zero-order valence-electron chi connectivity index (χ0n) is 7.43. The Bertz CT molecular complexity index is 397. The van der Waals surface area contributed by atoms with E-state index >= 15 is 0 Å². The van der Waals surface area contributed by atoms with Crippen molar-refractivity contribution in [3.63, 3.8) is 0 Å². The van der Waals surface area contributed by atoms with Gasteiger partial charge in [0.05, 0.1) is 4.47 Å². The van der Waals surface area contributed by atoms with Gasteiger partial charge in [-0.15, -0.1) is 0 Å². The highest BCUT2D eigenvalue weighted by molar-refractivity contribution is 9.10. The summed E-state index contributed by atoms with van der Waals surface area (Å²) in [5.41, 5.74) is 2.43. The van der Waals surface area contributed by atoms with Crippen LogP contribution in [0.3, 0.4) is 0 Å². The molecule has 0 spiro atoms. The summed E-state index contributed by atoms with van der Waals surface area (Å²) in [5.74, 6) is 0. The summed E-state index contributed by atoms with van der Waals surface area (Å²) in [6.45, 7) is 1.80. The number of halogens is 1. The van der Waals surface area contributed by atoms with Crippen molar-refractivity contribution in [1.29, 1.82) is 0 Å². The minimum absolute atomic E-state index is 0.0439. The molecular weight excluding hydrogens is 232 g/mol. The Labute approximate surface area is 84.9 Å². The molecule has 3 nitrogen and oxygen atoms in total. The van der Waals surface area contributed by atoms with E-state index in [4.69, 9.17) is 0 Å². The van der Waals surface area contributed by atoms with Crippen LogP contribution in [0.15, 0.2) is 15.5 Å². The molecule has 0 amide bonds. The van der Waals surface area contributed by atoms with Crippen LogP contribution in [0, 0.1) is 0 Å². The van der Waals surface area contributed by atoms with Crippen molar-refractivity contribution >= 4 is 15.9 Å². The van der Waals surface area contributed by atoms with Crippen LogP contribution in [0.25, 0.3) is 0 Å². The number of aromatic nitrogens is 1. The third-order valence-electron chi connectivity index (χ3n) is 2.38. The summed E-state index contributed by atoms with van der Waals surface area (Å²) < 4.78 is 2.34. The number of rotatable bonds is 0. The molecule has 0 radical (unpaired) electrons. The lowest BCUT2D eigenvalue weighted by Crippen LogP contribution is -2.29. The van der Waals surface area contributed by atoms with Crippen molar-refractivity contribution in [3.05, 3.63) is 32.2 Å². The van der Waals surface area contributed by atoms with Gasteiger partial charge < -0.3 is 9.88 Å². The quantitative estimate of drug-likeness (QED) is 0.731. The Hall–Kier alpha value is -0.610. The van der Waals surface area contributed by atoms with Crippen LogP contribution < -0.4 is 10.9 Å². The second-order valence-corrected chi connectivity index (χ2v) is 4.08. The maximum atomic E-state index is 11.5. The normalized spacial score (nSPS) is 15.5. The van der Waals surface area contributed by atoms with Crippen LogP contribution in [0.5, 0.6) is 0 Å². The van der Waals surface area contributed by atoms with Gasteiger partial charge in [0.2, 0.25) is 0 Å². The molecule has 1 N–H and O–H groups in total. The van der Waals surface area contributed by atoms with Crippen molar-refractivity contribution < 1.29 is 0 Å². The fourth-order valence-corrected chi connectivity index (χ4v) is 2.31. The minimum Gasteiger partial charge on any atom is -0.317 e. The van der Waals surface area contributed by atoms with Gasteiger partial charge in [0.15, 0.2) is 0 Å². The molecule has 0 fully saturated rings. The van der Waals surface area contributed by atoms with Crippen LogP contribution in [-0.2, 0) is 20.0 Å². The fraction of sp³-hybridized carbons (Fsp3) is 0.444. The van der Waals surface area contributed by atoms with E-state index in [1.165, 1.54) is 5.56 Å². The number of pyridine rings is 1. The van der Waals surface area contributed by atoms with Crippen LogP contribution >= 0.6 is 15.9 Å². The molecule has 0 aliphatic carbocycles. The first-order valence-corrected chi connectivity index (χ1v) is 5.07. The number of aryl methyl sites for hydroxylation is 1. The SMILES string of the molecule is Cn1cc2c(c(Br)c1=O)CNCC2. The molecule has 1 aliphatic heterocycles. The fourth-order valence-electron chi connectivity index (χ4n) is 1.64. The van der Waals surface area contributed by atoms with Gasteiger partial charge in [0.25, 0.3) is 5.56 Å². The first-order valence-electron chi connectivity index (χ1n) is 4.28. The molecule has 0 unspecified atom stereocenters. The summed E-state index contributed by atoms with van der Waals surface area (Å²) in [6.07, 6.45) is 2.94. The van der Waals surface area contributed by atoms with Crippen LogP contribution in [0.4, 0.5) is 0 Å². The average molecular weight is 243 g/mol. The summed E-state index contributed by atoms with van der Waals surface area (Å²) in [4.78, 5) is 11.5. The van der Waals surface area contributed by atoms with E-state index in [2.05, 4.69) is 21.2 Å². The maximum absolute atomic E-state index is 11.5. The highest BCUT2D eigenvalue weighted by Crippen LogP contribution is 2.19. The molecule has 1 aromatic heterocycles.